The maximum atomic E-state index is 12.9. The molecule has 1 saturated heterocycles. The number of rotatable bonds is 7. The second kappa shape index (κ2) is 10.8. The van der Waals surface area contributed by atoms with E-state index in [-0.39, 0.29) is 18.0 Å². The molecule has 1 aliphatic rings. The Labute approximate surface area is 229 Å². The summed E-state index contributed by atoms with van der Waals surface area (Å²) in [6, 6.07) is 24.3. The van der Waals surface area contributed by atoms with Gasteiger partial charge in [0.2, 0.25) is 5.91 Å². The van der Waals surface area contributed by atoms with Gasteiger partial charge in [-0.05, 0) is 93.0 Å². The topological polar surface area (TPSA) is 62.2 Å². The summed E-state index contributed by atoms with van der Waals surface area (Å²) >= 11 is 5.84. The number of aryl methyl sites for hydroxylation is 3. The zero-order valence-corrected chi connectivity index (χ0v) is 23.0. The molecular weight excluding hydrogens is 490 g/mol. The van der Waals surface area contributed by atoms with Crippen molar-refractivity contribution in [3.8, 4) is 5.69 Å². The number of amides is 1. The zero-order chi connectivity index (χ0) is 26.8. The van der Waals surface area contributed by atoms with Crippen LogP contribution in [-0.2, 0) is 4.79 Å². The first kappa shape index (κ1) is 25.7. The van der Waals surface area contributed by atoms with Gasteiger partial charge < -0.3 is 20.1 Å². The van der Waals surface area contributed by atoms with E-state index in [9.17, 15) is 4.79 Å². The lowest BCUT2D eigenvalue weighted by molar-refractivity contribution is -0.116. The fourth-order valence-corrected chi connectivity index (χ4v) is 5.72. The number of benzene rings is 2. The molecule has 1 fully saturated rings. The molecule has 0 unspecified atom stereocenters. The lowest BCUT2D eigenvalue weighted by Gasteiger charge is -2.28. The molecule has 3 heterocycles. The number of anilines is 1. The van der Waals surface area contributed by atoms with Gasteiger partial charge in [-0.1, -0.05) is 36.4 Å². The molecule has 1 aliphatic heterocycles. The van der Waals surface area contributed by atoms with Gasteiger partial charge >= 0.3 is 0 Å². The number of nitrogens with one attached hydrogen (secondary N) is 2. The van der Waals surface area contributed by atoms with Crippen molar-refractivity contribution in [2.45, 2.75) is 46.2 Å². The van der Waals surface area contributed by atoms with Crippen LogP contribution in [0.5, 0.6) is 0 Å². The van der Waals surface area contributed by atoms with Crippen molar-refractivity contribution in [3.63, 3.8) is 0 Å². The first-order chi connectivity index (χ1) is 18.3. The molecule has 0 saturated carbocycles. The average Bonchev–Trinajstić information content (AvgIpc) is 3.39. The lowest BCUT2D eigenvalue weighted by Crippen LogP contribution is -2.33. The van der Waals surface area contributed by atoms with Crippen LogP contribution in [0.3, 0.4) is 0 Å². The summed E-state index contributed by atoms with van der Waals surface area (Å²) in [5.74, 6) is -0.0348. The second-order valence-electron chi connectivity index (χ2n) is 9.93. The van der Waals surface area contributed by atoms with Gasteiger partial charge in [-0.15, -0.1) is 0 Å². The highest BCUT2D eigenvalue weighted by molar-refractivity contribution is 7.80. The van der Waals surface area contributed by atoms with Gasteiger partial charge in [-0.3, -0.25) is 9.78 Å². The van der Waals surface area contributed by atoms with E-state index in [2.05, 4.69) is 76.2 Å². The molecule has 1 amide bonds. The highest BCUT2D eigenvalue weighted by Crippen LogP contribution is 2.41. The second-order valence-corrected chi connectivity index (χ2v) is 10.3. The lowest BCUT2D eigenvalue weighted by atomic mass is 9.96. The average molecular weight is 524 g/mol. The SMILES string of the molecule is Cc1cccc(-n2c(C)cc([C@@H]3[C@@H](c4ccccn4)NC(=S)N3CCC(=O)Nc3ccccc3C)c2C)c1. The van der Waals surface area contributed by atoms with Crippen LogP contribution in [0.1, 0.15) is 52.3 Å². The number of hydrogen-bond donors (Lipinski definition) is 2. The molecular formula is C31H33N5OS. The monoisotopic (exact) mass is 523 g/mol. The van der Waals surface area contributed by atoms with Gasteiger partial charge in [-0.2, -0.15) is 0 Å². The number of thiocarbonyl (C=S) groups is 1. The van der Waals surface area contributed by atoms with Crippen LogP contribution in [0.4, 0.5) is 5.69 Å². The number of aromatic nitrogens is 2. The molecule has 0 bridgehead atoms. The van der Waals surface area contributed by atoms with Crippen molar-refractivity contribution >= 4 is 28.9 Å². The van der Waals surface area contributed by atoms with Gasteiger partial charge in [-0.25, -0.2) is 0 Å². The summed E-state index contributed by atoms with van der Waals surface area (Å²) in [6.07, 6.45) is 2.13. The van der Waals surface area contributed by atoms with Crippen LogP contribution in [0.2, 0.25) is 0 Å². The third-order valence-corrected chi connectivity index (χ3v) is 7.60. The molecule has 4 aromatic rings. The van der Waals surface area contributed by atoms with Crippen LogP contribution in [-0.4, -0.2) is 32.0 Å². The maximum Gasteiger partial charge on any atom is 0.226 e. The van der Waals surface area contributed by atoms with E-state index in [1.165, 1.54) is 11.1 Å². The Morgan fingerprint density at radius 3 is 2.53 bits per heavy atom. The summed E-state index contributed by atoms with van der Waals surface area (Å²) < 4.78 is 2.29. The predicted octanol–water partition coefficient (Wildman–Crippen LogP) is 6.11. The molecule has 5 rings (SSSR count). The van der Waals surface area contributed by atoms with Crippen molar-refractivity contribution < 1.29 is 4.79 Å². The first-order valence-corrected chi connectivity index (χ1v) is 13.3. The fourth-order valence-electron chi connectivity index (χ4n) is 5.38. The van der Waals surface area contributed by atoms with E-state index in [1.54, 1.807) is 0 Å². The summed E-state index contributed by atoms with van der Waals surface area (Å²) in [6.45, 7) is 8.89. The van der Waals surface area contributed by atoms with Crippen molar-refractivity contribution in [1.82, 2.24) is 19.8 Å². The van der Waals surface area contributed by atoms with Crippen molar-refractivity contribution in [2.75, 3.05) is 11.9 Å². The van der Waals surface area contributed by atoms with Gasteiger partial charge in [0.1, 0.15) is 0 Å². The Morgan fingerprint density at radius 1 is 1.00 bits per heavy atom. The first-order valence-electron chi connectivity index (χ1n) is 12.9. The van der Waals surface area contributed by atoms with E-state index in [0.717, 1.165) is 34.0 Å². The molecule has 0 spiro atoms. The smallest absolute Gasteiger partial charge is 0.226 e. The van der Waals surface area contributed by atoms with Crippen LogP contribution < -0.4 is 10.6 Å². The Hall–Kier alpha value is -3.97. The van der Waals surface area contributed by atoms with Crippen molar-refractivity contribution in [3.05, 3.63) is 113 Å². The molecule has 6 nitrogen and oxygen atoms in total. The Balaban J connectivity index is 1.48. The number of hydrogen-bond acceptors (Lipinski definition) is 3. The number of nitrogens with zero attached hydrogens (tertiary/aromatic N) is 3. The summed E-state index contributed by atoms with van der Waals surface area (Å²) in [7, 11) is 0. The highest BCUT2D eigenvalue weighted by Gasteiger charge is 2.41. The van der Waals surface area contributed by atoms with E-state index >= 15 is 0 Å². The number of pyridine rings is 1. The summed E-state index contributed by atoms with van der Waals surface area (Å²) in [5.41, 5.74) is 8.63. The predicted molar refractivity (Wildman–Crippen MR) is 157 cm³/mol. The van der Waals surface area contributed by atoms with Gasteiger partial charge in [0, 0.05) is 41.9 Å². The molecule has 2 N–H and O–H groups in total. The van der Waals surface area contributed by atoms with Crippen molar-refractivity contribution in [2.24, 2.45) is 0 Å². The highest BCUT2D eigenvalue weighted by atomic mass is 32.1. The van der Waals surface area contributed by atoms with E-state index in [0.29, 0.717) is 18.1 Å². The van der Waals surface area contributed by atoms with E-state index < -0.39 is 0 Å². The maximum absolute atomic E-state index is 12.9. The third-order valence-electron chi connectivity index (χ3n) is 7.25. The zero-order valence-electron chi connectivity index (χ0n) is 22.2. The Bertz CT molecular complexity index is 1480. The molecule has 38 heavy (non-hydrogen) atoms. The quantitative estimate of drug-likeness (QED) is 0.286. The minimum Gasteiger partial charge on any atom is -0.352 e. The molecule has 2 aromatic heterocycles. The minimum atomic E-state index is -0.130. The van der Waals surface area contributed by atoms with E-state index in [4.69, 9.17) is 12.2 Å². The van der Waals surface area contributed by atoms with Crippen molar-refractivity contribution in [1.29, 1.82) is 0 Å². The van der Waals surface area contributed by atoms with Gasteiger partial charge in [0.25, 0.3) is 0 Å². The largest absolute Gasteiger partial charge is 0.352 e. The van der Waals surface area contributed by atoms with Crippen LogP contribution in [0.15, 0.2) is 79.0 Å². The summed E-state index contributed by atoms with van der Waals surface area (Å²) in [5, 5.41) is 7.20. The molecule has 194 valence electrons. The standard InChI is InChI=1S/C31H33N5OS/c1-20-10-9-12-24(18-20)36-22(3)19-25(23(36)4)30-29(27-14-7-8-16-32-27)34-31(38)35(30)17-15-28(37)33-26-13-6-5-11-21(26)2/h5-14,16,18-19,29-30H,15,17H2,1-4H3,(H,33,37)(H,34,38)/t29-,30-/m1/s1. The molecule has 2 aromatic carbocycles. The fraction of sp³-hybridized carbons (Fsp3) is 0.258. The third kappa shape index (κ3) is 5.07. The number of carbonyl (C=O) groups excluding carboxylic acids is 1. The Kier molecular flexibility index (Phi) is 7.29. The van der Waals surface area contributed by atoms with Crippen LogP contribution >= 0.6 is 12.2 Å². The number of para-hydroxylation sites is 1. The molecule has 2 atom stereocenters. The number of carbonyl (C=O) groups is 1. The van der Waals surface area contributed by atoms with Crippen LogP contribution in [0, 0.1) is 27.7 Å². The van der Waals surface area contributed by atoms with Gasteiger partial charge in [0.15, 0.2) is 5.11 Å². The summed E-state index contributed by atoms with van der Waals surface area (Å²) in [4.78, 5) is 19.8. The normalized spacial score (nSPS) is 16.9. The molecule has 0 radical (unpaired) electrons. The minimum absolute atomic E-state index is 0.0348. The van der Waals surface area contributed by atoms with Crippen LogP contribution in [0.25, 0.3) is 5.69 Å². The van der Waals surface area contributed by atoms with Gasteiger partial charge in [0.05, 0.1) is 17.8 Å². The molecule has 7 heteroatoms. The van der Waals surface area contributed by atoms with E-state index in [1.807, 2.05) is 55.6 Å². The molecule has 0 aliphatic carbocycles. The Morgan fingerprint density at radius 2 is 1.79 bits per heavy atom.